The second-order valence-electron chi connectivity index (χ2n) is 8.36. The molecule has 3 heterocycles. The monoisotopic (exact) mass is 465 g/mol. The molecule has 5 N–H and O–H groups in total. The smallest absolute Gasteiger partial charge is 0.184 e. The maximum absolute atomic E-state index is 14.8. The zero-order chi connectivity index (χ0) is 23.7. The highest BCUT2D eigenvalue weighted by Gasteiger charge is 2.21. The Morgan fingerprint density at radius 3 is 2.41 bits per heavy atom. The van der Waals surface area contributed by atoms with E-state index in [1.807, 2.05) is 0 Å². The minimum absolute atomic E-state index is 0.0415. The third-order valence-corrected chi connectivity index (χ3v) is 6.08. The van der Waals surface area contributed by atoms with Gasteiger partial charge in [0.15, 0.2) is 17.5 Å². The fraction of sp³-hybridized carbons (Fsp3) is 0.292. The molecule has 2 aromatic carbocycles. The topological polar surface area (TPSA) is 117 Å². The fourth-order valence-corrected chi connectivity index (χ4v) is 4.24. The Kier molecular flexibility index (Phi) is 5.97. The van der Waals surface area contributed by atoms with E-state index in [-0.39, 0.29) is 29.5 Å². The molecule has 0 atom stereocenters. The van der Waals surface area contributed by atoms with Crippen LogP contribution in [0.5, 0.6) is 0 Å². The van der Waals surface area contributed by atoms with Crippen molar-refractivity contribution in [3.8, 4) is 11.5 Å². The summed E-state index contributed by atoms with van der Waals surface area (Å²) < 4.78 is 35.9. The molecule has 0 radical (unpaired) electrons. The predicted molar refractivity (Wildman–Crippen MR) is 127 cm³/mol. The first kappa shape index (κ1) is 22.0. The van der Waals surface area contributed by atoms with Gasteiger partial charge >= 0.3 is 0 Å². The summed E-state index contributed by atoms with van der Waals surface area (Å²) >= 11 is 0. The van der Waals surface area contributed by atoms with E-state index < -0.39 is 11.6 Å². The highest BCUT2D eigenvalue weighted by molar-refractivity contribution is 5.93. The van der Waals surface area contributed by atoms with Crippen molar-refractivity contribution in [3.05, 3.63) is 59.7 Å². The Hall–Kier alpha value is -3.79. The molecule has 1 fully saturated rings. The van der Waals surface area contributed by atoms with Crippen LogP contribution in [0.3, 0.4) is 0 Å². The summed E-state index contributed by atoms with van der Waals surface area (Å²) in [5.41, 5.74) is 13.8. The van der Waals surface area contributed by atoms with Gasteiger partial charge in [-0.05, 0) is 30.9 Å². The van der Waals surface area contributed by atoms with E-state index >= 15 is 0 Å². The van der Waals surface area contributed by atoms with Crippen LogP contribution in [0.25, 0.3) is 22.4 Å². The number of fused-ring (bicyclic) bond motifs is 1. The van der Waals surface area contributed by atoms with Crippen molar-refractivity contribution in [2.45, 2.75) is 19.4 Å². The molecule has 1 aliphatic heterocycles. The number of ether oxygens (including phenoxy) is 1. The second kappa shape index (κ2) is 9.22. The molecule has 34 heavy (non-hydrogen) atoms. The molecule has 0 spiro atoms. The number of aromatic nitrogens is 4. The second-order valence-corrected chi connectivity index (χ2v) is 8.36. The van der Waals surface area contributed by atoms with Gasteiger partial charge in [0, 0.05) is 30.7 Å². The number of halogens is 2. The van der Waals surface area contributed by atoms with E-state index in [4.69, 9.17) is 16.2 Å². The minimum atomic E-state index is -0.483. The molecule has 5 rings (SSSR count). The molecule has 10 heteroatoms. The van der Waals surface area contributed by atoms with E-state index in [1.54, 1.807) is 30.3 Å². The Labute approximate surface area is 194 Å². The number of benzene rings is 2. The summed E-state index contributed by atoms with van der Waals surface area (Å²) in [5, 5.41) is 8.27. The standard InChI is InChI=1S/C24H25F2N7O/c25-17-6-2-1-4-15(17)13-33-21-16(5-3-7-18(21)26)19(32-33)24-30-22(27)20(23(28)31-24)29-12-14-8-10-34-11-9-14/h1-7,14,29H,8-13H2,(H4,27,28,30,31). The molecular weight excluding hydrogens is 440 g/mol. The third kappa shape index (κ3) is 4.24. The number of anilines is 3. The highest BCUT2D eigenvalue weighted by atomic mass is 19.1. The molecule has 4 aromatic rings. The Morgan fingerprint density at radius 1 is 0.971 bits per heavy atom. The first-order valence-electron chi connectivity index (χ1n) is 11.1. The number of para-hydroxylation sites is 1. The molecule has 0 bridgehead atoms. The van der Waals surface area contributed by atoms with Crippen molar-refractivity contribution < 1.29 is 13.5 Å². The number of nitrogen functional groups attached to an aromatic ring is 2. The summed E-state index contributed by atoms with van der Waals surface area (Å²) in [5.74, 6) is 0.116. The van der Waals surface area contributed by atoms with Gasteiger partial charge in [-0.1, -0.05) is 30.3 Å². The van der Waals surface area contributed by atoms with Crippen LogP contribution in [0.15, 0.2) is 42.5 Å². The molecule has 2 aromatic heterocycles. The van der Waals surface area contributed by atoms with Gasteiger partial charge in [-0.3, -0.25) is 4.68 Å². The first-order chi connectivity index (χ1) is 16.5. The zero-order valence-corrected chi connectivity index (χ0v) is 18.5. The van der Waals surface area contributed by atoms with Crippen molar-refractivity contribution in [2.24, 2.45) is 5.92 Å². The van der Waals surface area contributed by atoms with Crippen LogP contribution in [-0.2, 0) is 11.3 Å². The van der Waals surface area contributed by atoms with Crippen LogP contribution in [0.2, 0.25) is 0 Å². The van der Waals surface area contributed by atoms with Gasteiger partial charge in [-0.2, -0.15) is 5.10 Å². The molecule has 1 saturated heterocycles. The summed E-state index contributed by atoms with van der Waals surface area (Å²) in [6, 6.07) is 10.9. The van der Waals surface area contributed by atoms with Gasteiger partial charge in [0.2, 0.25) is 0 Å². The van der Waals surface area contributed by atoms with E-state index in [1.165, 1.54) is 16.8 Å². The number of nitrogens with two attached hydrogens (primary N) is 2. The third-order valence-electron chi connectivity index (χ3n) is 6.08. The molecule has 1 aliphatic rings. The summed E-state index contributed by atoms with van der Waals surface area (Å²) in [4.78, 5) is 8.83. The van der Waals surface area contributed by atoms with Gasteiger partial charge in [0.05, 0.1) is 6.54 Å². The van der Waals surface area contributed by atoms with Crippen LogP contribution in [0.1, 0.15) is 18.4 Å². The van der Waals surface area contributed by atoms with E-state index in [0.717, 1.165) is 26.1 Å². The maximum Gasteiger partial charge on any atom is 0.184 e. The van der Waals surface area contributed by atoms with Crippen LogP contribution in [-0.4, -0.2) is 39.5 Å². The van der Waals surface area contributed by atoms with E-state index in [9.17, 15) is 8.78 Å². The summed E-state index contributed by atoms with van der Waals surface area (Å²) in [6.07, 6.45) is 1.92. The lowest BCUT2D eigenvalue weighted by atomic mass is 10.0. The van der Waals surface area contributed by atoms with Crippen molar-refractivity contribution >= 4 is 28.2 Å². The SMILES string of the molecule is Nc1nc(-c2nn(Cc3ccccc3F)c3c(F)cccc23)nc(N)c1NCC1CCOCC1. The van der Waals surface area contributed by atoms with Crippen LogP contribution in [0.4, 0.5) is 26.1 Å². The van der Waals surface area contributed by atoms with Gasteiger partial charge in [-0.25, -0.2) is 18.7 Å². The van der Waals surface area contributed by atoms with Gasteiger partial charge in [0.1, 0.15) is 28.5 Å². The lowest BCUT2D eigenvalue weighted by Crippen LogP contribution is -2.23. The predicted octanol–water partition coefficient (Wildman–Crippen LogP) is 3.82. The summed E-state index contributed by atoms with van der Waals surface area (Å²) in [6.45, 7) is 2.21. The number of hydrogen-bond acceptors (Lipinski definition) is 7. The normalized spacial score (nSPS) is 14.5. The average molecular weight is 466 g/mol. The first-order valence-corrected chi connectivity index (χ1v) is 11.1. The molecule has 0 amide bonds. The molecule has 176 valence electrons. The van der Waals surface area contributed by atoms with E-state index in [2.05, 4.69) is 20.4 Å². The Bertz CT molecular complexity index is 1310. The number of hydrogen-bond donors (Lipinski definition) is 3. The summed E-state index contributed by atoms with van der Waals surface area (Å²) in [7, 11) is 0. The van der Waals surface area contributed by atoms with Gasteiger partial charge in [0.25, 0.3) is 0 Å². The number of nitrogens with zero attached hydrogens (tertiary/aromatic N) is 4. The number of rotatable bonds is 6. The molecule has 0 aliphatic carbocycles. The molecule has 0 saturated carbocycles. The Morgan fingerprint density at radius 2 is 1.68 bits per heavy atom. The fourth-order valence-electron chi connectivity index (χ4n) is 4.24. The molecule has 8 nitrogen and oxygen atoms in total. The van der Waals surface area contributed by atoms with Crippen LogP contribution < -0.4 is 16.8 Å². The molecule has 0 unspecified atom stereocenters. The van der Waals surface area contributed by atoms with Gasteiger partial charge < -0.3 is 21.5 Å². The largest absolute Gasteiger partial charge is 0.382 e. The van der Waals surface area contributed by atoms with Crippen molar-refractivity contribution in [3.63, 3.8) is 0 Å². The van der Waals surface area contributed by atoms with Crippen molar-refractivity contribution in [2.75, 3.05) is 36.5 Å². The zero-order valence-electron chi connectivity index (χ0n) is 18.5. The lowest BCUT2D eigenvalue weighted by molar-refractivity contribution is 0.0699. The average Bonchev–Trinajstić information content (AvgIpc) is 3.20. The highest BCUT2D eigenvalue weighted by Crippen LogP contribution is 2.32. The molecular formula is C24H25F2N7O. The van der Waals surface area contributed by atoms with Crippen molar-refractivity contribution in [1.29, 1.82) is 0 Å². The minimum Gasteiger partial charge on any atom is -0.382 e. The number of nitrogens with one attached hydrogen (secondary N) is 1. The Balaban J connectivity index is 1.50. The van der Waals surface area contributed by atoms with Gasteiger partial charge in [-0.15, -0.1) is 0 Å². The van der Waals surface area contributed by atoms with E-state index in [0.29, 0.717) is 34.8 Å². The maximum atomic E-state index is 14.8. The lowest BCUT2D eigenvalue weighted by Gasteiger charge is -2.23. The van der Waals surface area contributed by atoms with Crippen molar-refractivity contribution in [1.82, 2.24) is 19.7 Å². The van der Waals surface area contributed by atoms with Crippen LogP contribution in [0, 0.1) is 17.6 Å². The quantitative estimate of drug-likeness (QED) is 0.396. The van der Waals surface area contributed by atoms with Crippen LogP contribution >= 0.6 is 0 Å².